The van der Waals surface area contributed by atoms with Crippen molar-refractivity contribution in [2.45, 2.75) is 24.3 Å². The third-order valence-corrected chi connectivity index (χ3v) is 6.21. The second-order valence-corrected chi connectivity index (χ2v) is 7.88. The van der Waals surface area contributed by atoms with E-state index in [0.717, 1.165) is 35.7 Å². The Labute approximate surface area is 163 Å². The number of aryl methyl sites for hydroxylation is 1. The third kappa shape index (κ3) is 3.73. The highest BCUT2D eigenvalue weighted by molar-refractivity contribution is 8.00. The first-order valence-electron chi connectivity index (χ1n) is 9.33. The lowest BCUT2D eigenvalue weighted by Crippen LogP contribution is -2.48. The van der Waals surface area contributed by atoms with Crippen molar-refractivity contribution in [2.24, 2.45) is 0 Å². The van der Waals surface area contributed by atoms with Gasteiger partial charge in [0.2, 0.25) is 5.91 Å². The van der Waals surface area contributed by atoms with Crippen molar-refractivity contribution < 1.29 is 9.59 Å². The molecule has 2 N–H and O–H groups in total. The van der Waals surface area contributed by atoms with Gasteiger partial charge in [-0.05, 0) is 35.7 Å². The molecule has 2 aliphatic rings. The lowest BCUT2D eigenvalue weighted by atomic mass is 10.00. The molecule has 1 fully saturated rings. The number of fused-ring (bicyclic) bond motifs is 1. The Bertz CT molecular complexity index is 866. The van der Waals surface area contributed by atoms with Crippen LogP contribution in [0, 0.1) is 0 Å². The number of amides is 2. The number of carbonyl (C=O) groups excluding carboxylic acids is 2. The maximum atomic E-state index is 13.3. The average molecular weight is 382 g/mol. The Morgan fingerprint density at radius 3 is 2.81 bits per heavy atom. The van der Waals surface area contributed by atoms with Gasteiger partial charge in [0.25, 0.3) is 5.91 Å². The Morgan fingerprint density at radius 2 is 2.04 bits per heavy atom. The zero-order chi connectivity index (χ0) is 18.8. The summed E-state index contributed by atoms with van der Waals surface area (Å²) in [5, 5.41) is 6.27. The molecule has 0 saturated carbocycles. The lowest BCUT2D eigenvalue weighted by molar-refractivity contribution is -0.113. The highest BCUT2D eigenvalue weighted by Crippen LogP contribution is 2.33. The van der Waals surface area contributed by atoms with E-state index in [1.165, 1.54) is 17.3 Å². The number of hydrogen-bond acceptors (Lipinski definition) is 4. The average Bonchev–Trinajstić information content (AvgIpc) is 2.72. The van der Waals surface area contributed by atoms with E-state index in [1.807, 2.05) is 17.0 Å². The van der Waals surface area contributed by atoms with E-state index in [9.17, 15) is 9.59 Å². The molecule has 1 unspecified atom stereocenters. The highest BCUT2D eigenvalue weighted by Gasteiger charge is 2.29. The maximum absolute atomic E-state index is 13.3. The summed E-state index contributed by atoms with van der Waals surface area (Å²) >= 11 is 1.51. The fourth-order valence-electron chi connectivity index (χ4n) is 3.60. The van der Waals surface area contributed by atoms with Gasteiger partial charge in [0, 0.05) is 30.1 Å². The summed E-state index contributed by atoms with van der Waals surface area (Å²) in [4.78, 5) is 27.9. The molecule has 0 bridgehead atoms. The molecule has 4 rings (SSSR count). The van der Waals surface area contributed by atoms with Crippen LogP contribution in [0.1, 0.15) is 34.5 Å². The summed E-state index contributed by atoms with van der Waals surface area (Å²) in [6.45, 7) is 4.33. The van der Waals surface area contributed by atoms with Crippen LogP contribution in [0.2, 0.25) is 0 Å². The van der Waals surface area contributed by atoms with Gasteiger partial charge in [-0.25, -0.2) is 0 Å². The fraction of sp³-hybridized carbons (Fsp3) is 0.333. The maximum Gasteiger partial charge on any atom is 0.254 e. The second kappa shape index (κ2) is 7.74. The molecule has 0 aromatic heterocycles. The number of carbonyl (C=O) groups is 2. The highest BCUT2D eigenvalue weighted by atomic mass is 32.2. The summed E-state index contributed by atoms with van der Waals surface area (Å²) in [5.41, 5.74) is 3.80. The lowest BCUT2D eigenvalue weighted by Gasteiger charge is -2.37. The molecule has 1 saturated heterocycles. The standard InChI is InChI=1S/C21H23N3O2S/c1-2-14-3-5-15(6-4-14)18-12-22-9-10-24(18)21(26)16-7-8-19-17(11-16)23-20(25)13-27-19/h3-8,11,18,22H,2,9-10,12-13H2,1H3,(H,23,25). The van der Waals surface area contributed by atoms with E-state index >= 15 is 0 Å². The molecule has 27 heavy (non-hydrogen) atoms. The SMILES string of the molecule is CCc1ccc(C2CNCCN2C(=O)c2ccc3c(c2)NC(=O)CS3)cc1. The Morgan fingerprint density at radius 1 is 1.22 bits per heavy atom. The summed E-state index contributed by atoms with van der Waals surface area (Å²) in [6, 6.07) is 14.1. The predicted molar refractivity (Wildman–Crippen MR) is 108 cm³/mol. The molecular weight excluding hydrogens is 358 g/mol. The largest absolute Gasteiger partial charge is 0.329 e. The van der Waals surface area contributed by atoms with Crippen molar-refractivity contribution in [3.8, 4) is 0 Å². The molecule has 2 amide bonds. The molecule has 2 aliphatic heterocycles. The van der Waals surface area contributed by atoms with E-state index < -0.39 is 0 Å². The van der Waals surface area contributed by atoms with E-state index in [2.05, 4.69) is 41.8 Å². The molecule has 0 spiro atoms. The number of thioether (sulfide) groups is 1. The zero-order valence-corrected chi connectivity index (χ0v) is 16.1. The molecule has 1 atom stereocenters. The number of benzene rings is 2. The second-order valence-electron chi connectivity index (χ2n) is 6.86. The van der Waals surface area contributed by atoms with E-state index in [-0.39, 0.29) is 17.9 Å². The minimum absolute atomic E-state index is 0.00805. The van der Waals surface area contributed by atoms with Crippen molar-refractivity contribution in [3.63, 3.8) is 0 Å². The number of nitrogens with one attached hydrogen (secondary N) is 2. The van der Waals surface area contributed by atoms with Crippen LogP contribution in [0.4, 0.5) is 5.69 Å². The van der Waals surface area contributed by atoms with Crippen molar-refractivity contribution in [3.05, 3.63) is 59.2 Å². The van der Waals surface area contributed by atoms with Crippen LogP contribution in [0.15, 0.2) is 47.4 Å². The van der Waals surface area contributed by atoms with Crippen LogP contribution in [-0.4, -0.2) is 42.1 Å². The zero-order valence-electron chi connectivity index (χ0n) is 15.3. The van der Waals surface area contributed by atoms with Crippen LogP contribution in [0.5, 0.6) is 0 Å². The fourth-order valence-corrected chi connectivity index (χ4v) is 4.39. The Hall–Kier alpha value is -2.31. The van der Waals surface area contributed by atoms with Crippen LogP contribution < -0.4 is 10.6 Å². The monoisotopic (exact) mass is 381 g/mol. The van der Waals surface area contributed by atoms with Crippen molar-refractivity contribution in [1.82, 2.24) is 10.2 Å². The molecule has 0 radical (unpaired) electrons. The minimum atomic E-state index is -0.0202. The van der Waals surface area contributed by atoms with Crippen LogP contribution in [0.3, 0.4) is 0 Å². The Balaban J connectivity index is 1.60. The smallest absolute Gasteiger partial charge is 0.254 e. The molecule has 2 aromatic carbocycles. The number of nitrogens with zero attached hydrogens (tertiary/aromatic N) is 1. The van der Waals surface area contributed by atoms with Gasteiger partial charge in [0.15, 0.2) is 0 Å². The number of anilines is 1. The summed E-state index contributed by atoms with van der Waals surface area (Å²) in [5.74, 6) is 0.412. The third-order valence-electron chi connectivity index (χ3n) is 5.14. The van der Waals surface area contributed by atoms with E-state index in [0.29, 0.717) is 17.9 Å². The van der Waals surface area contributed by atoms with Gasteiger partial charge in [-0.3, -0.25) is 9.59 Å². The van der Waals surface area contributed by atoms with Crippen molar-refractivity contribution >= 4 is 29.3 Å². The van der Waals surface area contributed by atoms with Gasteiger partial charge in [-0.1, -0.05) is 31.2 Å². The first-order chi connectivity index (χ1) is 13.2. The summed E-state index contributed by atoms with van der Waals surface area (Å²) < 4.78 is 0. The molecule has 6 heteroatoms. The quantitative estimate of drug-likeness (QED) is 0.858. The van der Waals surface area contributed by atoms with Gasteiger partial charge >= 0.3 is 0 Å². The number of hydrogen-bond donors (Lipinski definition) is 2. The van der Waals surface area contributed by atoms with Gasteiger partial charge in [-0.15, -0.1) is 11.8 Å². The van der Waals surface area contributed by atoms with Crippen molar-refractivity contribution in [2.75, 3.05) is 30.7 Å². The molecule has 2 heterocycles. The minimum Gasteiger partial charge on any atom is -0.329 e. The first-order valence-corrected chi connectivity index (χ1v) is 10.3. The summed E-state index contributed by atoms with van der Waals surface area (Å²) in [7, 11) is 0. The first kappa shape index (κ1) is 18.1. The topological polar surface area (TPSA) is 61.4 Å². The molecule has 5 nitrogen and oxygen atoms in total. The molecule has 2 aromatic rings. The summed E-state index contributed by atoms with van der Waals surface area (Å²) in [6.07, 6.45) is 1.00. The van der Waals surface area contributed by atoms with Gasteiger partial charge in [0.05, 0.1) is 17.5 Å². The van der Waals surface area contributed by atoms with Crippen LogP contribution in [-0.2, 0) is 11.2 Å². The number of piperazine rings is 1. The van der Waals surface area contributed by atoms with Crippen LogP contribution in [0.25, 0.3) is 0 Å². The molecule has 140 valence electrons. The van der Waals surface area contributed by atoms with Gasteiger partial charge in [-0.2, -0.15) is 0 Å². The van der Waals surface area contributed by atoms with Gasteiger partial charge in [0.1, 0.15) is 0 Å². The van der Waals surface area contributed by atoms with Gasteiger partial charge < -0.3 is 15.5 Å². The predicted octanol–water partition coefficient (Wildman–Crippen LogP) is 3.08. The molecular formula is C21H23N3O2S. The van der Waals surface area contributed by atoms with E-state index in [1.54, 1.807) is 6.07 Å². The van der Waals surface area contributed by atoms with E-state index in [4.69, 9.17) is 0 Å². The van der Waals surface area contributed by atoms with Crippen molar-refractivity contribution in [1.29, 1.82) is 0 Å². The molecule has 0 aliphatic carbocycles. The Kier molecular flexibility index (Phi) is 5.18. The normalized spacial score (nSPS) is 19.4. The van der Waals surface area contributed by atoms with Crippen LogP contribution >= 0.6 is 11.8 Å². The number of rotatable bonds is 3.